The summed E-state index contributed by atoms with van der Waals surface area (Å²) in [5, 5.41) is 11.7. The van der Waals surface area contributed by atoms with Crippen LogP contribution in [0.2, 0.25) is 0 Å². The van der Waals surface area contributed by atoms with Crippen molar-refractivity contribution < 1.29 is 9.18 Å². The highest BCUT2D eigenvalue weighted by atomic mass is 127. The summed E-state index contributed by atoms with van der Waals surface area (Å²) in [6.07, 6.45) is 8.86. The fourth-order valence-electron chi connectivity index (χ4n) is 5.73. The molecule has 7 rings (SSSR count). The molecule has 41 heavy (non-hydrogen) atoms. The maximum Gasteiger partial charge on any atom is 0.227 e. The van der Waals surface area contributed by atoms with E-state index >= 15 is 0 Å². The Balaban J connectivity index is 1.25. The fourth-order valence-corrected chi connectivity index (χ4v) is 6.40. The number of rotatable bonds is 5. The van der Waals surface area contributed by atoms with E-state index in [1.54, 1.807) is 18.5 Å². The van der Waals surface area contributed by atoms with Gasteiger partial charge in [0.15, 0.2) is 0 Å². The van der Waals surface area contributed by atoms with Crippen molar-refractivity contribution in [3.8, 4) is 33.8 Å². The van der Waals surface area contributed by atoms with Crippen LogP contribution in [-0.4, -0.2) is 31.1 Å². The number of amides is 1. The van der Waals surface area contributed by atoms with Gasteiger partial charge in [-0.1, -0.05) is 31.4 Å². The van der Waals surface area contributed by atoms with E-state index in [4.69, 9.17) is 4.98 Å². The molecule has 1 aliphatic carbocycles. The van der Waals surface area contributed by atoms with Gasteiger partial charge in [-0.05, 0) is 89.5 Å². The monoisotopic (exact) mass is 656 g/mol. The van der Waals surface area contributed by atoms with Crippen molar-refractivity contribution in [1.82, 2.24) is 25.1 Å². The molecule has 1 saturated carbocycles. The highest BCUT2D eigenvalue weighted by Gasteiger charge is 2.22. The third-order valence-electron chi connectivity index (χ3n) is 7.78. The van der Waals surface area contributed by atoms with Crippen LogP contribution in [0.25, 0.3) is 55.7 Å². The zero-order valence-corrected chi connectivity index (χ0v) is 24.2. The molecule has 9 heteroatoms. The molecule has 4 heterocycles. The number of anilines is 1. The molecular formula is C32H26FIN6O. The summed E-state index contributed by atoms with van der Waals surface area (Å²) in [6, 6.07) is 18.5. The quantitative estimate of drug-likeness (QED) is 0.163. The van der Waals surface area contributed by atoms with Gasteiger partial charge >= 0.3 is 0 Å². The van der Waals surface area contributed by atoms with E-state index in [1.807, 2.05) is 36.4 Å². The summed E-state index contributed by atoms with van der Waals surface area (Å²) >= 11 is 2.28. The van der Waals surface area contributed by atoms with Crippen molar-refractivity contribution in [2.75, 3.05) is 5.32 Å². The second-order valence-corrected chi connectivity index (χ2v) is 11.8. The van der Waals surface area contributed by atoms with E-state index in [0.717, 1.165) is 85.0 Å². The first-order chi connectivity index (χ1) is 20.0. The Morgan fingerprint density at radius 1 is 0.951 bits per heavy atom. The number of benzene rings is 2. The SMILES string of the molecule is O=C(Nc1cc(I)cc(-c2ccc3[nH]nc(-c4cc5c(-c6cccc(F)c6)cncc5[nH]4)c3n2)c1)C1CCCCC1. The molecular weight excluding hydrogens is 630 g/mol. The topological polar surface area (TPSA) is 99.4 Å². The summed E-state index contributed by atoms with van der Waals surface area (Å²) in [7, 11) is 0. The molecule has 1 fully saturated rings. The van der Waals surface area contributed by atoms with E-state index in [9.17, 15) is 9.18 Å². The number of aromatic nitrogens is 5. The molecule has 1 aliphatic rings. The Bertz CT molecular complexity index is 1920. The zero-order chi connectivity index (χ0) is 27.9. The third-order valence-corrected chi connectivity index (χ3v) is 8.40. The molecule has 0 radical (unpaired) electrons. The molecule has 1 amide bonds. The van der Waals surface area contributed by atoms with Crippen molar-refractivity contribution in [3.63, 3.8) is 0 Å². The molecule has 0 bridgehead atoms. The highest BCUT2D eigenvalue weighted by Crippen LogP contribution is 2.34. The molecule has 3 N–H and O–H groups in total. The normalized spacial score (nSPS) is 14.1. The molecule has 204 valence electrons. The predicted octanol–water partition coefficient (Wildman–Crippen LogP) is 8.10. The summed E-state index contributed by atoms with van der Waals surface area (Å²) in [6.45, 7) is 0. The predicted molar refractivity (Wildman–Crippen MR) is 168 cm³/mol. The Labute approximate surface area is 249 Å². The number of nitrogens with zero attached hydrogens (tertiary/aromatic N) is 3. The first-order valence-electron chi connectivity index (χ1n) is 13.7. The molecule has 4 aromatic heterocycles. The summed E-state index contributed by atoms with van der Waals surface area (Å²) in [5.74, 6) is -0.109. The minimum absolute atomic E-state index is 0.0842. The summed E-state index contributed by atoms with van der Waals surface area (Å²) in [5.41, 5.74) is 7.89. The molecule has 0 atom stereocenters. The van der Waals surface area contributed by atoms with Crippen LogP contribution in [0.3, 0.4) is 0 Å². The smallest absolute Gasteiger partial charge is 0.227 e. The van der Waals surface area contributed by atoms with Gasteiger partial charge in [0, 0.05) is 37.9 Å². The van der Waals surface area contributed by atoms with E-state index < -0.39 is 0 Å². The number of carbonyl (C=O) groups excluding carboxylic acids is 1. The van der Waals surface area contributed by atoms with E-state index in [1.165, 1.54) is 18.6 Å². The van der Waals surface area contributed by atoms with Gasteiger partial charge in [0.1, 0.15) is 17.0 Å². The maximum absolute atomic E-state index is 14.0. The second-order valence-electron chi connectivity index (χ2n) is 10.6. The number of halogens is 2. The molecule has 0 unspecified atom stereocenters. The van der Waals surface area contributed by atoms with Crippen LogP contribution in [0.5, 0.6) is 0 Å². The number of aromatic amines is 2. The highest BCUT2D eigenvalue weighted by molar-refractivity contribution is 14.1. The maximum atomic E-state index is 14.0. The van der Waals surface area contributed by atoms with Crippen LogP contribution in [0.15, 0.2) is 73.1 Å². The van der Waals surface area contributed by atoms with Gasteiger partial charge in [-0.2, -0.15) is 5.10 Å². The second kappa shape index (κ2) is 10.7. The van der Waals surface area contributed by atoms with Crippen LogP contribution in [0.1, 0.15) is 32.1 Å². The third kappa shape index (κ3) is 5.10. The molecule has 0 aliphatic heterocycles. The van der Waals surface area contributed by atoms with Gasteiger partial charge in [0.05, 0.1) is 28.6 Å². The Kier molecular flexibility index (Phi) is 6.74. The minimum Gasteiger partial charge on any atom is -0.352 e. The average Bonchev–Trinajstić information content (AvgIpc) is 3.61. The lowest BCUT2D eigenvalue weighted by atomic mass is 9.88. The molecule has 7 nitrogen and oxygen atoms in total. The number of pyridine rings is 2. The zero-order valence-electron chi connectivity index (χ0n) is 22.0. The first-order valence-corrected chi connectivity index (χ1v) is 14.8. The van der Waals surface area contributed by atoms with Gasteiger partial charge in [-0.25, -0.2) is 9.37 Å². The molecule has 0 spiro atoms. The first kappa shape index (κ1) is 25.8. The van der Waals surface area contributed by atoms with Crippen LogP contribution >= 0.6 is 22.6 Å². The van der Waals surface area contributed by atoms with Gasteiger partial charge in [0.2, 0.25) is 5.91 Å². The van der Waals surface area contributed by atoms with E-state index in [2.05, 4.69) is 54.1 Å². The summed E-state index contributed by atoms with van der Waals surface area (Å²) in [4.78, 5) is 25.7. The van der Waals surface area contributed by atoms with Crippen molar-refractivity contribution in [2.24, 2.45) is 5.92 Å². The molecule has 2 aromatic carbocycles. The van der Waals surface area contributed by atoms with Crippen LogP contribution in [0.4, 0.5) is 10.1 Å². The Hall–Kier alpha value is -4.12. The van der Waals surface area contributed by atoms with Crippen LogP contribution < -0.4 is 5.32 Å². The number of carbonyl (C=O) groups is 1. The van der Waals surface area contributed by atoms with Gasteiger partial charge in [0.25, 0.3) is 0 Å². The lowest BCUT2D eigenvalue weighted by Crippen LogP contribution is -2.24. The summed E-state index contributed by atoms with van der Waals surface area (Å²) < 4.78 is 15.0. The minimum atomic E-state index is -0.294. The van der Waals surface area contributed by atoms with Crippen LogP contribution in [0, 0.1) is 15.3 Å². The fraction of sp³-hybridized carbons (Fsp3) is 0.188. The van der Waals surface area contributed by atoms with Gasteiger partial charge < -0.3 is 10.3 Å². The van der Waals surface area contributed by atoms with Crippen molar-refractivity contribution >= 4 is 56.1 Å². The van der Waals surface area contributed by atoms with Crippen molar-refractivity contribution in [3.05, 3.63) is 82.4 Å². The van der Waals surface area contributed by atoms with Gasteiger partial charge in [-0.15, -0.1) is 0 Å². The number of hydrogen-bond donors (Lipinski definition) is 3. The standard InChI is InChI=1S/C32H26FIN6O/c33-21-8-4-7-19(11-21)25-16-35-17-29-24(25)15-28(37-29)31-30-27(39-40-31)10-9-26(38-30)20-12-22(34)14-23(13-20)36-32(41)18-5-2-1-3-6-18/h4,7-18,37H,1-3,5-6H2,(H,36,41)(H,39,40). The Morgan fingerprint density at radius 2 is 1.83 bits per heavy atom. The van der Waals surface area contributed by atoms with Crippen molar-refractivity contribution in [1.29, 1.82) is 0 Å². The van der Waals surface area contributed by atoms with Gasteiger partial charge in [-0.3, -0.25) is 14.9 Å². The van der Waals surface area contributed by atoms with E-state index in [0.29, 0.717) is 5.69 Å². The molecule has 6 aromatic rings. The number of nitrogens with one attached hydrogen (secondary N) is 3. The number of fused-ring (bicyclic) bond motifs is 2. The lowest BCUT2D eigenvalue weighted by molar-refractivity contribution is -0.120. The Morgan fingerprint density at radius 3 is 2.68 bits per heavy atom. The molecule has 0 saturated heterocycles. The largest absolute Gasteiger partial charge is 0.352 e. The number of hydrogen-bond acceptors (Lipinski definition) is 4. The number of H-pyrrole nitrogens is 2. The average molecular weight is 657 g/mol. The lowest BCUT2D eigenvalue weighted by Gasteiger charge is -2.21. The van der Waals surface area contributed by atoms with Crippen LogP contribution in [-0.2, 0) is 4.79 Å². The van der Waals surface area contributed by atoms with E-state index in [-0.39, 0.29) is 17.6 Å². The van der Waals surface area contributed by atoms with Crippen molar-refractivity contribution in [2.45, 2.75) is 32.1 Å².